The lowest BCUT2D eigenvalue weighted by molar-refractivity contribution is -0.877. The summed E-state index contributed by atoms with van der Waals surface area (Å²) in [4.78, 5) is 16.2. The molecule has 0 aliphatic carbocycles. The van der Waals surface area contributed by atoms with Gasteiger partial charge in [-0.25, -0.2) is 0 Å². The van der Waals surface area contributed by atoms with Crippen molar-refractivity contribution in [3.05, 3.63) is 60.2 Å². The second-order valence-electron chi connectivity index (χ2n) is 6.05. The minimum Gasteiger partial charge on any atom is -0.457 e. The molecule has 0 radical (unpaired) electrons. The Labute approximate surface area is 137 Å². The van der Waals surface area contributed by atoms with Crippen LogP contribution in [0.4, 0.5) is 0 Å². The number of carbonyl (C=O) groups excluding carboxylic acids is 1. The SMILES string of the molecule is C[NH+]1CCCN(C(=O)c2cccc(Oc3ccccc3)c2)CC1. The molecular weight excluding hydrogens is 288 g/mol. The first-order valence-electron chi connectivity index (χ1n) is 8.16. The Kier molecular flexibility index (Phi) is 4.93. The molecule has 2 aromatic rings. The number of carbonyl (C=O) groups is 1. The van der Waals surface area contributed by atoms with Gasteiger partial charge in [-0.1, -0.05) is 24.3 Å². The number of amides is 1. The van der Waals surface area contributed by atoms with Gasteiger partial charge in [0.1, 0.15) is 11.5 Å². The number of hydrogen-bond acceptors (Lipinski definition) is 2. The minimum absolute atomic E-state index is 0.0956. The van der Waals surface area contributed by atoms with E-state index >= 15 is 0 Å². The van der Waals surface area contributed by atoms with Crippen molar-refractivity contribution in [2.45, 2.75) is 6.42 Å². The molecule has 23 heavy (non-hydrogen) atoms. The van der Waals surface area contributed by atoms with E-state index in [-0.39, 0.29) is 5.91 Å². The molecule has 1 N–H and O–H groups in total. The van der Waals surface area contributed by atoms with Gasteiger partial charge in [-0.15, -0.1) is 0 Å². The lowest BCUT2D eigenvalue weighted by Crippen LogP contribution is -3.09. The molecule has 0 spiro atoms. The normalized spacial score (nSPS) is 18.3. The highest BCUT2D eigenvalue weighted by Crippen LogP contribution is 2.22. The third-order valence-electron chi connectivity index (χ3n) is 4.19. The fourth-order valence-corrected chi connectivity index (χ4v) is 2.84. The summed E-state index contributed by atoms with van der Waals surface area (Å²) in [5.74, 6) is 1.56. The standard InChI is InChI=1S/C19H22N2O2/c1-20-11-6-12-21(14-13-20)19(22)16-7-5-10-18(15-16)23-17-8-3-2-4-9-17/h2-5,7-10,15H,6,11-14H2,1H3/p+1. The Morgan fingerprint density at radius 1 is 1.00 bits per heavy atom. The molecule has 4 heteroatoms. The van der Waals surface area contributed by atoms with Gasteiger partial charge in [0.15, 0.2) is 0 Å². The second kappa shape index (κ2) is 7.29. The van der Waals surface area contributed by atoms with E-state index in [1.807, 2.05) is 59.5 Å². The van der Waals surface area contributed by atoms with Crippen molar-refractivity contribution in [2.24, 2.45) is 0 Å². The van der Waals surface area contributed by atoms with Gasteiger partial charge in [-0.3, -0.25) is 4.79 Å². The van der Waals surface area contributed by atoms with Crippen LogP contribution < -0.4 is 9.64 Å². The van der Waals surface area contributed by atoms with E-state index < -0.39 is 0 Å². The van der Waals surface area contributed by atoms with Crippen molar-refractivity contribution < 1.29 is 14.4 Å². The maximum absolute atomic E-state index is 12.7. The molecule has 1 saturated heterocycles. The maximum atomic E-state index is 12.7. The molecule has 0 saturated carbocycles. The Balaban J connectivity index is 1.72. The number of quaternary nitrogens is 1. The van der Waals surface area contributed by atoms with Crippen LogP contribution in [0.2, 0.25) is 0 Å². The van der Waals surface area contributed by atoms with Gasteiger partial charge in [0.05, 0.1) is 26.7 Å². The molecule has 1 atom stereocenters. The maximum Gasteiger partial charge on any atom is 0.254 e. The highest BCUT2D eigenvalue weighted by atomic mass is 16.5. The van der Waals surface area contributed by atoms with Gasteiger partial charge in [-0.2, -0.15) is 0 Å². The van der Waals surface area contributed by atoms with Gasteiger partial charge in [-0.05, 0) is 30.3 Å². The summed E-state index contributed by atoms with van der Waals surface area (Å²) in [5.41, 5.74) is 0.693. The first-order valence-corrected chi connectivity index (χ1v) is 8.16. The van der Waals surface area contributed by atoms with E-state index in [9.17, 15) is 4.79 Å². The molecule has 1 amide bonds. The third kappa shape index (κ3) is 4.11. The van der Waals surface area contributed by atoms with Crippen molar-refractivity contribution >= 4 is 5.91 Å². The number of benzene rings is 2. The van der Waals surface area contributed by atoms with Crippen LogP contribution in [-0.2, 0) is 0 Å². The molecule has 2 aromatic carbocycles. The van der Waals surface area contributed by atoms with E-state index in [0.717, 1.165) is 38.3 Å². The Morgan fingerprint density at radius 2 is 1.78 bits per heavy atom. The molecule has 4 nitrogen and oxygen atoms in total. The van der Waals surface area contributed by atoms with Crippen molar-refractivity contribution in [1.82, 2.24) is 4.90 Å². The van der Waals surface area contributed by atoms with E-state index in [1.165, 1.54) is 4.90 Å². The first-order chi connectivity index (χ1) is 11.2. The topological polar surface area (TPSA) is 34.0 Å². The molecule has 0 bridgehead atoms. The molecule has 1 fully saturated rings. The monoisotopic (exact) mass is 311 g/mol. The average molecular weight is 311 g/mol. The van der Waals surface area contributed by atoms with Crippen LogP contribution in [0.15, 0.2) is 54.6 Å². The van der Waals surface area contributed by atoms with Gasteiger partial charge in [0.2, 0.25) is 0 Å². The van der Waals surface area contributed by atoms with Crippen LogP contribution in [0.3, 0.4) is 0 Å². The number of likely N-dealkylation sites (N-methyl/N-ethyl adjacent to an activating group) is 1. The molecule has 0 aromatic heterocycles. The van der Waals surface area contributed by atoms with Crippen molar-refractivity contribution in [3.8, 4) is 11.5 Å². The third-order valence-corrected chi connectivity index (χ3v) is 4.19. The molecule has 1 unspecified atom stereocenters. The van der Waals surface area contributed by atoms with E-state index in [4.69, 9.17) is 4.74 Å². The fraction of sp³-hybridized carbons (Fsp3) is 0.316. The summed E-state index contributed by atoms with van der Waals surface area (Å²) in [5, 5.41) is 0. The lowest BCUT2D eigenvalue weighted by Gasteiger charge is -2.19. The highest BCUT2D eigenvalue weighted by molar-refractivity contribution is 5.94. The van der Waals surface area contributed by atoms with Gasteiger partial charge in [0.25, 0.3) is 5.91 Å². The molecule has 1 aliphatic rings. The Bertz CT molecular complexity index is 657. The molecule has 1 heterocycles. The van der Waals surface area contributed by atoms with Crippen LogP contribution >= 0.6 is 0 Å². The lowest BCUT2D eigenvalue weighted by atomic mass is 10.2. The largest absolute Gasteiger partial charge is 0.457 e. The predicted molar refractivity (Wildman–Crippen MR) is 90.1 cm³/mol. The number of nitrogens with one attached hydrogen (secondary N) is 1. The zero-order valence-corrected chi connectivity index (χ0v) is 13.5. The summed E-state index contributed by atoms with van der Waals surface area (Å²) < 4.78 is 5.82. The van der Waals surface area contributed by atoms with Crippen LogP contribution in [0.25, 0.3) is 0 Å². The fourth-order valence-electron chi connectivity index (χ4n) is 2.84. The zero-order valence-electron chi connectivity index (χ0n) is 13.5. The molecule has 3 rings (SSSR count). The van der Waals surface area contributed by atoms with Gasteiger partial charge >= 0.3 is 0 Å². The average Bonchev–Trinajstić information content (AvgIpc) is 2.80. The van der Waals surface area contributed by atoms with Crippen LogP contribution in [0.5, 0.6) is 11.5 Å². The smallest absolute Gasteiger partial charge is 0.254 e. The Morgan fingerprint density at radius 3 is 2.61 bits per heavy atom. The van der Waals surface area contributed by atoms with Gasteiger partial charge in [0, 0.05) is 18.5 Å². The van der Waals surface area contributed by atoms with Crippen LogP contribution in [0.1, 0.15) is 16.8 Å². The van der Waals surface area contributed by atoms with Crippen LogP contribution in [-0.4, -0.2) is 44.0 Å². The van der Waals surface area contributed by atoms with Gasteiger partial charge < -0.3 is 14.5 Å². The summed E-state index contributed by atoms with van der Waals surface area (Å²) in [6, 6.07) is 17.1. The molecule has 120 valence electrons. The number of hydrogen-bond donors (Lipinski definition) is 1. The number of ether oxygens (including phenoxy) is 1. The van der Waals surface area contributed by atoms with E-state index in [0.29, 0.717) is 11.3 Å². The van der Waals surface area contributed by atoms with E-state index in [1.54, 1.807) is 0 Å². The quantitative estimate of drug-likeness (QED) is 0.938. The summed E-state index contributed by atoms with van der Waals surface area (Å²) in [6.07, 6.45) is 1.05. The van der Waals surface area contributed by atoms with E-state index in [2.05, 4.69) is 7.05 Å². The minimum atomic E-state index is 0.0956. The second-order valence-corrected chi connectivity index (χ2v) is 6.05. The van der Waals surface area contributed by atoms with Crippen molar-refractivity contribution in [3.63, 3.8) is 0 Å². The summed E-state index contributed by atoms with van der Waals surface area (Å²) in [6.45, 7) is 3.78. The molecular formula is C19H23N2O2+. The number of para-hydroxylation sites is 1. The zero-order chi connectivity index (χ0) is 16.1. The Hall–Kier alpha value is -2.33. The number of rotatable bonds is 3. The summed E-state index contributed by atoms with van der Waals surface area (Å²) >= 11 is 0. The highest BCUT2D eigenvalue weighted by Gasteiger charge is 2.20. The van der Waals surface area contributed by atoms with Crippen LogP contribution in [0, 0.1) is 0 Å². The first kappa shape index (κ1) is 15.6. The number of nitrogens with zero attached hydrogens (tertiary/aromatic N) is 1. The predicted octanol–water partition coefficient (Wildman–Crippen LogP) is 1.84. The van der Waals surface area contributed by atoms with Crippen molar-refractivity contribution in [1.29, 1.82) is 0 Å². The van der Waals surface area contributed by atoms with Crippen molar-refractivity contribution in [2.75, 3.05) is 33.2 Å². The molecule has 1 aliphatic heterocycles. The summed E-state index contributed by atoms with van der Waals surface area (Å²) in [7, 11) is 2.18.